The average Bonchev–Trinajstić information content (AvgIpc) is 3.26. The minimum Gasteiger partial charge on any atom is -0.319 e. The molecule has 2 aromatic heterocycles. The van der Waals surface area contributed by atoms with Gasteiger partial charge in [0.25, 0.3) is 5.91 Å². The number of nitrogens with one attached hydrogen (secondary N) is 1. The summed E-state index contributed by atoms with van der Waals surface area (Å²) >= 11 is 0. The fourth-order valence-electron chi connectivity index (χ4n) is 4.64. The van der Waals surface area contributed by atoms with Crippen LogP contribution in [0.3, 0.4) is 0 Å². The van der Waals surface area contributed by atoms with Gasteiger partial charge in [0.2, 0.25) is 0 Å². The molecule has 1 aliphatic heterocycles. The second kappa shape index (κ2) is 8.85. The maximum Gasteiger partial charge on any atom is 0.257 e. The highest BCUT2D eigenvalue weighted by atomic mass is 19.1. The molecule has 174 valence electrons. The number of hydrogen-bond acceptors (Lipinski definition) is 3. The Bertz CT molecular complexity index is 1390. The number of aromatic nitrogens is 4. The van der Waals surface area contributed by atoms with Gasteiger partial charge in [0.05, 0.1) is 16.9 Å². The summed E-state index contributed by atoms with van der Waals surface area (Å²) < 4.78 is 32.8. The van der Waals surface area contributed by atoms with Gasteiger partial charge in [-0.15, -0.1) is 10.2 Å². The van der Waals surface area contributed by atoms with Crippen LogP contribution < -0.4 is 5.32 Å². The summed E-state index contributed by atoms with van der Waals surface area (Å²) in [5, 5.41) is 11.3. The maximum atomic E-state index is 14.7. The Balaban J connectivity index is 1.46. The van der Waals surface area contributed by atoms with Crippen molar-refractivity contribution in [2.45, 2.75) is 46.1 Å². The predicted molar refractivity (Wildman–Crippen MR) is 126 cm³/mol. The molecule has 0 atom stereocenters. The van der Waals surface area contributed by atoms with Gasteiger partial charge in [0, 0.05) is 29.9 Å². The molecule has 4 aromatic rings. The van der Waals surface area contributed by atoms with E-state index in [1.807, 2.05) is 0 Å². The van der Waals surface area contributed by atoms with Crippen LogP contribution in [-0.2, 0) is 13.0 Å². The number of fused-ring (bicyclic) bond motifs is 1. The van der Waals surface area contributed by atoms with Crippen molar-refractivity contribution < 1.29 is 13.6 Å². The van der Waals surface area contributed by atoms with Crippen LogP contribution in [0.5, 0.6) is 0 Å². The maximum absolute atomic E-state index is 14.7. The highest BCUT2D eigenvalue weighted by Gasteiger charge is 2.21. The van der Waals surface area contributed by atoms with Crippen LogP contribution in [0.2, 0.25) is 0 Å². The highest BCUT2D eigenvalue weighted by Crippen LogP contribution is 2.28. The summed E-state index contributed by atoms with van der Waals surface area (Å²) in [6, 6.07) is 12.6. The molecule has 0 spiro atoms. The lowest BCUT2D eigenvalue weighted by molar-refractivity contribution is 0.102. The number of carbonyl (C=O) groups excluding carboxylic acids is 1. The lowest BCUT2D eigenvalue weighted by atomic mass is 10.1. The van der Waals surface area contributed by atoms with Crippen molar-refractivity contribution in [2.24, 2.45) is 0 Å². The van der Waals surface area contributed by atoms with Crippen LogP contribution in [0.1, 0.15) is 46.8 Å². The molecule has 3 heterocycles. The number of nitrogens with zero attached hydrogens (tertiary/aromatic N) is 4. The van der Waals surface area contributed by atoms with Crippen molar-refractivity contribution >= 4 is 11.6 Å². The first-order valence-corrected chi connectivity index (χ1v) is 11.4. The minimum absolute atomic E-state index is 0.0594. The normalized spacial score (nSPS) is 13.4. The topological polar surface area (TPSA) is 64.7 Å². The number of para-hydroxylation sites is 1. The van der Waals surface area contributed by atoms with Gasteiger partial charge < -0.3 is 14.5 Å². The van der Waals surface area contributed by atoms with Gasteiger partial charge in [0.1, 0.15) is 17.5 Å². The summed E-state index contributed by atoms with van der Waals surface area (Å²) in [7, 11) is 0. The van der Waals surface area contributed by atoms with Crippen molar-refractivity contribution in [2.75, 3.05) is 5.32 Å². The molecule has 34 heavy (non-hydrogen) atoms. The molecule has 0 aliphatic carbocycles. The standard InChI is InChI=1S/C26H25F2N5O/c1-16-14-19(17(2)33(16)23-9-6-5-8-21(23)28)26(34)29-22-15-18(11-12-20(22)27)25-31-30-24-10-4-3-7-13-32(24)25/h5-6,8-9,11-12,14-15H,3-4,7,10,13H2,1-2H3,(H,29,34). The van der Waals surface area contributed by atoms with Gasteiger partial charge in [-0.25, -0.2) is 8.78 Å². The van der Waals surface area contributed by atoms with Crippen LogP contribution in [0.25, 0.3) is 17.1 Å². The van der Waals surface area contributed by atoms with Crippen molar-refractivity contribution in [3.63, 3.8) is 0 Å². The van der Waals surface area contributed by atoms with Gasteiger partial charge in [-0.05, 0) is 63.1 Å². The Kier molecular flexibility index (Phi) is 5.73. The molecule has 0 unspecified atom stereocenters. The first-order chi connectivity index (χ1) is 16.4. The fourth-order valence-corrected chi connectivity index (χ4v) is 4.64. The Morgan fingerprint density at radius 1 is 0.971 bits per heavy atom. The number of halogens is 2. The second-order valence-electron chi connectivity index (χ2n) is 8.62. The van der Waals surface area contributed by atoms with E-state index >= 15 is 0 Å². The third-order valence-electron chi connectivity index (χ3n) is 6.35. The lowest BCUT2D eigenvalue weighted by Crippen LogP contribution is -2.14. The first kappa shape index (κ1) is 22.0. The zero-order valence-corrected chi connectivity index (χ0v) is 19.1. The molecule has 0 saturated carbocycles. The van der Waals surface area contributed by atoms with Crippen LogP contribution in [0, 0.1) is 25.5 Å². The van der Waals surface area contributed by atoms with E-state index in [9.17, 15) is 13.6 Å². The summed E-state index contributed by atoms with van der Waals surface area (Å²) in [6.45, 7) is 4.36. The number of benzene rings is 2. The van der Waals surface area contributed by atoms with Crippen LogP contribution in [0.4, 0.5) is 14.5 Å². The number of hydrogen-bond donors (Lipinski definition) is 1. The number of amides is 1. The molecule has 8 heteroatoms. The van der Waals surface area contributed by atoms with E-state index in [2.05, 4.69) is 20.1 Å². The molecule has 2 aromatic carbocycles. The smallest absolute Gasteiger partial charge is 0.257 e. The van der Waals surface area contributed by atoms with Crippen molar-refractivity contribution in [3.05, 3.63) is 82.9 Å². The van der Waals surface area contributed by atoms with Crippen molar-refractivity contribution in [3.8, 4) is 17.1 Å². The largest absolute Gasteiger partial charge is 0.319 e. The molecule has 0 bridgehead atoms. The van der Waals surface area contributed by atoms with E-state index in [1.54, 1.807) is 54.8 Å². The SMILES string of the molecule is Cc1cc(C(=O)Nc2cc(-c3nnc4n3CCCCC4)ccc2F)c(C)n1-c1ccccc1F. The van der Waals surface area contributed by atoms with Crippen molar-refractivity contribution in [1.82, 2.24) is 19.3 Å². The molecule has 0 saturated heterocycles. The average molecular weight is 462 g/mol. The van der Waals surface area contributed by atoms with E-state index < -0.39 is 11.7 Å². The Morgan fingerprint density at radius 3 is 2.62 bits per heavy atom. The van der Waals surface area contributed by atoms with Gasteiger partial charge in [-0.2, -0.15) is 0 Å². The molecule has 5 rings (SSSR count). The number of rotatable bonds is 4. The summed E-state index contributed by atoms with van der Waals surface area (Å²) in [4.78, 5) is 13.1. The summed E-state index contributed by atoms with van der Waals surface area (Å²) in [5.74, 6) is 0.206. The molecule has 1 N–H and O–H groups in total. The van der Waals surface area contributed by atoms with Gasteiger partial charge in [-0.1, -0.05) is 18.6 Å². The van der Waals surface area contributed by atoms with E-state index in [1.165, 1.54) is 12.1 Å². The summed E-state index contributed by atoms with van der Waals surface area (Å²) in [6.07, 6.45) is 4.13. The molecule has 1 aliphatic rings. The van der Waals surface area contributed by atoms with Crippen LogP contribution in [0.15, 0.2) is 48.5 Å². The van der Waals surface area contributed by atoms with E-state index in [-0.39, 0.29) is 11.5 Å². The molecule has 0 fully saturated rings. The van der Waals surface area contributed by atoms with E-state index in [0.29, 0.717) is 34.0 Å². The third kappa shape index (κ3) is 3.89. The Labute approximate surface area is 196 Å². The molecule has 0 radical (unpaired) electrons. The number of carbonyl (C=O) groups is 1. The van der Waals surface area contributed by atoms with Crippen LogP contribution >= 0.6 is 0 Å². The second-order valence-corrected chi connectivity index (χ2v) is 8.62. The van der Waals surface area contributed by atoms with Gasteiger partial charge in [0.15, 0.2) is 5.82 Å². The highest BCUT2D eigenvalue weighted by molar-refractivity contribution is 6.05. The van der Waals surface area contributed by atoms with E-state index in [0.717, 1.165) is 38.1 Å². The van der Waals surface area contributed by atoms with Crippen LogP contribution in [-0.4, -0.2) is 25.2 Å². The summed E-state index contributed by atoms with van der Waals surface area (Å²) in [5.41, 5.74) is 2.73. The minimum atomic E-state index is -0.546. The molecular weight excluding hydrogens is 436 g/mol. The monoisotopic (exact) mass is 461 g/mol. The fraction of sp³-hybridized carbons (Fsp3) is 0.269. The van der Waals surface area contributed by atoms with Gasteiger partial charge >= 0.3 is 0 Å². The zero-order chi connectivity index (χ0) is 23.8. The lowest BCUT2D eigenvalue weighted by Gasteiger charge is -2.12. The third-order valence-corrected chi connectivity index (χ3v) is 6.35. The Hall–Kier alpha value is -3.81. The predicted octanol–water partition coefficient (Wildman–Crippen LogP) is 5.61. The quantitative estimate of drug-likeness (QED) is 0.430. The van der Waals surface area contributed by atoms with E-state index in [4.69, 9.17) is 0 Å². The Morgan fingerprint density at radius 2 is 1.79 bits per heavy atom. The number of aryl methyl sites for hydroxylation is 2. The molecular formula is C26H25F2N5O. The number of anilines is 1. The molecule has 1 amide bonds. The zero-order valence-electron chi connectivity index (χ0n) is 19.1. The molecule has 6 nitrogen and oxygen atoms in total. The van der Waals surface area contributed by atoms with Gasteiger partial charge in [-0.3, -0.25) is 4.79 Å². The van der Waals surface area contributed by atoms with Crippen molar-refractivity contribution in [1.29, 1.82) is 0 Å². The first-order valence-electron chi connectivity index (χ1n) is 11.4.